The van der Waals surface area contributed by atoms with Gasteiger partial charge in [0.15, 0.2) is 6.29 Å². The summed E-state index contributed by atoms with van der Waals surface area (Å²) in [5.41, 5.74) is 1.77. The lowest BCUT2D eigenvalue weighted by molar-refractivity contribution is 0.112. The van der Waals surface area contributed by atoms with Crippen molar-refractivity contribution < 1.29 is 9.18 Å². The van der Waals surface area contributed by atoms with Crippen molar-refractivity contribution in [3.05, 3.63) is 57.8 Å². The van der Waals surface area contributed by atoms with E-state index in [1.807, 2.05) is 0 Å². The van der Waals surface area contributed by atoms with Crippen molar-refractivity contribution in [3.63, 3.8) is 0 Å². The Balaban J connectivity index is 2.62. The predicted octanol–water partition coefficient (Wildman–Crippen LogP) is 4.61. The van der Waals surface area contributed by atoms with Gasteiger partial charge in [0, 0.05) is 10.6 Å². The number of benzene rings is 2. The molecule has 0 spiro atoms. The maximum Gasteiger partial charge on any atom is 0.150 e. The number of halogens is 3. The molecule has 17 heavy (non-hydrogen) atoms. The zero-order chi connectivity index (χ0) is 12.4. The van der Waals surface area contributed by atoms with E-state index in [1.165, 1.54) is 12.1 Å². The molecule has 0 saturated heterocycles. The molecule has 0 saturated carbocycles. The quantitative estimate of drug-likeness (QED) is 0.727. The molecular weight excluding hydrogens is 262 g/mol. The third kappa shape index (κ3) is 2.48. The van der Waals surface area contributed by atoms with Crippen LogP contribution in [-0.4, -0.2) is 6.29 Å². The van der Waals surface area contributed by atoms with Crippen molar-refractivity contribution in [2.24, 2.45) is 0 Å². The van der Waals surface area contributed by atoms with Gasteiger partial charge in [-0.25, -0.2) is 4.39 Å². The molecule has 0 aliphatic rings. The second-order valence-electron chi connectivity index (χ2n) is 3.48. The van der Waals surface area contributed by atoms with Gasteiger partial charge in [0.05, 0.1) is 5.02 Å². The first kappa shape index (κ1) is 12.1. The molecule has 0 radical (unpaired) electrons. The highest BCUT2D eigenvalue weighted by Crippen LogP contribution is 2.29. The molecule has 0 atom stereocenters. The van der Waals surface area contributed by atoms with Gasteiger partial charge in [-0.2, -0.15) is 0 Å². The lowest BCUT2D eigenvalue weighted by Crippen LogP contribution is -1.88. The van der Waals surface area contributed by atoms with Crippen LogP contribution < -0.4 is 0 Å². The third-order valence-corrected chi connectivity index (χ3v) is 2.90. The third-order valence-electron chi connectivity index (χ3n) is 2.37. The van der Waals surface area contributed by atoms with Crippen molar-refractivity contribution in [2.75, 3.05) is 0 Å². The summed E-state index contributed by atoms with van der Waals surface area (Å²) in [7, 11) is 0. The van der Waals surface area contributed by atoms with Crippen LogP contribution in [0.1, 0.15) is 10.4 Å². The van der Waals surface area contributed by atoms with Crippen molar-refractivity contribution in [2.45, 2.75) is 0 Å². The van der Waals surface area contributed by atoms with E-state index in [0.717, 1.165) is 6.29 Å². The Hall–Kier alpha value is -1.38. The first-order chi connectivity index (χ1) is 8.11. The lowest BCUT2D eigenvalue weighted by Gasteiger charge is -2.06. The molecule has 0 amide bonds. The Morgan fingerprint density at radius 1 is 1.06 bits per heavy atom. The van der Waals surface area contributed by atoms with E-state index in [2.05, 4.69) is 0 Å². The highest BCUT2D eigenvalue weighted by molar-refractivity contribution is 6.31. The molecule has 2 aromatic rings. The Morgan fingerprint density at radius 3 is 2.47 bits per heavy atom. The summed E-state index contributed by atoms with van der Waals surface area (Å²) in [4.78, 5) is 10.9. The lowest BCUT2D eigenvalue weighted by atomic mass is 10.0. The van der Waals surface area contributed by atoms with E-state index in [4.69, 9.17) is 23.2 Å². The molecule has 0 aliphatic heterocycles. The smallest absolute Gasteiger partial charge is 0.150 e. The van der Waals surface area contributed by atoms with Gasteiger partial charge in [-0.15, -0.1) is 0 Å². The fourth-order valence-electron chi connectivity index (χ4n) is 1.54. The largest absolute Gasteiger partial charge is 0.298 e. The maximum absolute atomic E-state index is 13.0. The standard InChI is InChI=1S/C13H7Cl2FO/c14-10-3-1-9(7-17)11(6-10)8-2-4-13(16)12(15)5-8/h1-7H. The Bertz CT molecular complexity index is 582. The molecule has 86 valence electrons. The molecular formula is C13H7Cl2FO. The second-order valence-corrected chi connectivity index (χ2v) is 4.32. The molecule has 0 fully saturated rings. The minimum atomic E-state index is -0.495. The maximum atomic E-state index is 13.0. The predicted molar refractivity (Wildman–Crippen MR) is 67.2 cm³/mol. The van der Waals surface area contributed by atoms with Gasteiger partial charge in [0.25, 0.3) is 0 Å². The molecule has 2 rings (SSSR count). The summed E-state index contributed by atoms with van der Waals surface area (Å²) >= 11 is 11.6. The minimum absolute atomic E-state index is 0.0133. The number of carbonyl (C=O) groups excluding carboxylic acids is 1. The first-order valence-electron chi connectivity index (χ1n) is 4.82. The van der Waals surface area contributed by atoms with Gasteiger partial charge in [0.1, 0.15) is 5.82 Å². The van der Waals surface area contributed by atoms with Gasteiger partial charge in [-0.3, -0.25) is 4.79 Å². The number of hydrogen-bond donors (Lipinski definition) is 0. The molecule has 0 heterocycles. The van der Waals surface area contributed by atoms with Crippen LogP contribution in [0.5, 0.6) is 0 Å². The van der Waals surface area contributed by atoms with Crippen LogP contribution in [0, 0.1) is 5.82 Å². The van der Waals surface area contributed by atoms with E-state index in [-0.39, 0.29) is 5.02 Å². The summed E-state index contributed by atoms with van der Waals surface area (Å²) in [6, 6.07) is 9.17. The molecule has 0 aromatic heterocycles. The van der Waals surface area contributed by atoms with Gasteiger partial charge in [-0.05, 0) is 41.5 Å². The van der Waals surface area contributed by atoms with Crippen LogP contribution in [-0.2, 0) is 0 Å². The fraction of sp³-hybridized carbons (Fsp3) is 0. The fourth-order valence-corrected chi connectivity index (χ4v) is 1.90. The van der Waals surface area contributed by atoms with Crippen LogP contribution in [0.25, 0.3) is 11.1 Å². The number of hydrogen-bond acceptors (Lipinski definition) is 1. The SMILES string of the molecule is O=Cc1ccc(Cl)cc1-c1ccc(F)c(Cl)c1. The van der Waals surface area contributed by atoms with E-state index in [0.29, 0.717) is 21.7 Å². The summed E-state index contributed by atoms with van der Waals surface area (Å²) in [5, 5.41) is 0.519. The highest BCUT2D eigenvalue weighted by atomic mass is 35.5. The van der Waals surface area contributed by atoms with Crippen molar-refractivity contribution in [3.8, 4) is 11.1 Å². The number of aldehydes is 1. The molecule has 2 aromatic carbocycles. The van der Waals surface area contributed by atoms with E-state index >= 15 is 0 Å². The summed E-state index contributed by atoms with van der Waals surface area (Å²) in [5.74, 6) is -0.495. The monoisotopic (exact) mass is 268 g/mol. The first-order valence-corrected chi connectivity index (χ1v) is 5.57. The minimum Gasteiger partial charge on any atom is -0.298 e. The van der Waals surface area contributed by atoms with Crippen LogP contribution in [0.2, 0.25) is 10.0 Å². The van der Waals surface area contributed by atoms with E-state index in [1.54, 1.807) is 24.3 Å². The van der Waals surface area contributed by atoms with Crippen molar-refractivity contribution in [1.29, 1.82) is 0 Å². The van der Waals surface area contributed by atoms with Gasteiger partial charge in [-0.1, -0.05) is 29.3 Å². The Labute approximate surface area is 108 Å². The van der Waals surface area contributed by atoms with Crippen LogP contribution >= 0.6 is 23.2 Å². The normalized spacial score (nSPS) is 10.3. The average molecular weight is 269 g/mol. The second kappa shape index (κ2) is 4.86. The molecule has 0 unspecified atom stereocenters. The van der Waals surface area contributed by atoms with E-state index in [9.17, 15) is 9.18 Å². The molecule has 0 aliphatic carbocycles. The Morgan fingerprint density at radius 2 is 1.82 bits per heavy atom. The van der Waals surface area contributed by atoms with Crippen LogP contribution in [0.15, 0.2) is 36.4 Å². The average Bonchev–Trinajstić information content (AvgIpc) is 2.32. The van der Waals surface area contributed by atoms with Gasteiger partial charge in [0.2, 0.25) is 0 Å². The highest BCUT2D eigenvalue weighted by Gasteiger charge is 2.08. The molecule has 0 bridgehead atoms. The zero-order valence-corrected chi connectivity index (χ0v) is 10.1. The molecule has 1 nitrogen and oxygen atoms in total. The topological polar surface area (TPSA) is 17.1 Å². The summed E-state index contributed by atoms with van der Waals surface area (Å²) in [6.45, 7) is 0. The number of carbonyl (C=O) groups is 1. The molecule has 0 N–H and O–H groups in total. The zero-order valence-electron chi connectivity index (χ0n) is 8.58. The number of rotatable bonds is 2. The van der Waals surface area contributed by atoms with E-state index < -0.39 is 5.82 Å². The van der Waals surface area contributed by atoms with Crippen molar-refractivity contribution in [1.82, 2.24) is 0 Å². The van der Waals surface area contributed by atoms with Crippen LogP contribution in [0.3, 0.4) is 0 Å². The Kier molecular flexibility index (Phi) is 3.46. The van der Waals surface area contributed by atoms with Gasteiger partial charge >= 0.3 is 0 Å². The van der Waals surface area contributed by atoms with Gasteiger partial charge < -0.3 is 0 Å². The summed E-state index contributed by atoms with van der Waals surface area (Å²) < 4.78 is 13.0. The summed E-state index contributed by atoms with van der Waals surface area (Å²) in [6.07, 6.45) is 0.725. The molecule has 4 heteroatoms. The van der Waals surface area contributed by atoms with Crippen LogP contribution in [0.4, 0.5) is 4.39 Å². The van der Waals surface area contributed by atoms with Crippen molar-refractivity contribution >= 4 is 29.5 Å².